The highest BCUT2D eigenvalue weighted by Gasteiger charge is 2.57. The minimum absolute atomic E-state index is 0.0435. The Balaban J connectivity index is 1.33. The molecule has 16 heteroatoms. The molecular weight excluding hydrogens is 660 g/mol. The Morgan fingerprint density at radius 3 is 2.35 bits per heavy atom. The second-order valence-corrected chi connectivity index (χ2v) is 12.4. The molecule has 3 aromatic carbocycles. The minimum atomic E-state index is -4.73. The predicted octanol–water partition coefficient (Wildman–Crippen LogP) is 6.29. The summed E-state index contributed by atoms with van der Waals surface area (Å²) >= 11 is 1.70. The molecule has 2 aliphatic rings. The monoisotopic (exact) mass is 679 g/mol. The molecule has 3 heterocycles. The number of alkyl halides is 6. The van der Waals surface area contributed by atoms with Gasteiger partial charge in [0.1, 0.15) is 11.0 Å². The Hall–Kier alpha value is -4.57. The number of thioether (sulfide) groups is 1. The van der Waals surface area contributed by atoms with E-state index in [1.165, 1.54) is 24.3 Å². The first-order chi connectivity index (χ1) is 21.7. The van der Waals surface area contributed by atoms with Gasteiger partial charge in [0.15, 0.2) is 6.61 Å². The molecule has 8 nitrogen and oxygen atoms in total. The SMILES string of the molecule is O=C(COc1ccccc1[C@H]1c2sc(=O)[nH]c2SC2C(=O)N(c3cccc(C(F)(F)F)c3)C(=O)C21)Nc1ccccc1C(F)(F)F. The van der Waals surface area contributed by atoms with E-state index in [0.29, 0.717) is 20.9 Å². The van der Waals surface area contributed by atoms with Crippen molar-refractivity contribution in [1.29, 1.82) is 0 Å². The van der Waals surface area contributed by atoms with Gasteiger partial charge < -0.3 is 15.0 Å². The number of benzene rings is 3. The van der Waals surface area contributed by atoms with Crippen LogP contribution in [0.15, 0.2) is 82.6 Å². The molecule has 0 aliphatic carbocycles. The lowest BCUT2D eigenvalue weighted by Crippen LogP contribution is -2.32. The van der Waals surface area contributed by atoms with Gasteiger partial charge in [0, 0.05) is 16.4 Å². The lowest BCUT2D eigenvalue weighted by molar-refractivity contribution is -0.138. The number of hydrogen-bond acceptors (Lipinski definition) is 7. The van der Waals surface area contributed by atoms with Gasteiger partial charge in [-0.2, -0.15) is 26.3 Å². The smallest absolute Gasteiger partial charge is 0.418 e. The zero-order chi connectivity index (χ0) is 33.0. The van der Waals surface area contributed by atoms with Crippen molar-refractivity contribution in [3.63, 3.8) is 0 Å². The van der Waals surface area contributed by atoms with Crippen molar-refractivity contribution in [3.05, 3.63) is 104 Å². The van der Waals surface area contributed by atoms with Crippen molar-refractivity contribution in [2.75, 3.05) is 16.8 Å². The number of aromatic amines is 1. The molecular formula is C30H19F6N3O5S2. The van der Waals surface area contributed by atoms with E-state index in [0.717, 1.165) is 47.4 Å². The Morgan fingerprint density at radius 1 is 0.891 bits per heavy atom. The van der Waals surface area contributed by atoms with E-state index in [1.807, 2.05) is 0 Å². The van der Waals surface area contributed by atoms with E-state index >= 15 is 0 Å². The van der Waals surface area contributed by atoms with Crippen molar-refractivity contribution in [1.82, 2.24) is 4.98 Å². The number of hydrogen-bond donors (Lipinski definition) is 2. The number of H-pyrrole nitrogens is 1. The fourth-order valence-corrected chi connectivity index (χ4v) is 7.97. The summed E-state index contributed by atoms with van der Waals surface area (Å²) in [6, 6.07) is 14.3. The summed E-state index contributed by atoms with van der Waals surface area (Å²) < 4.78 is 86.3. The number of ether oxygens (including phenoxy) is 1. The number of carbonyl (C=O) groups excluding carboxylic acids is 3. The summed E-state index contributed by atoms with van der Waals surface area (Å²) in [7, 11) is 0. The summed E-state index contributed by atoms with van der Waals surface area (Å²) in [5.41, 5.74) is -2.57. The third-order valence-corrected chi connectivity index (χ3v) is 9.78. The maximum atomic E-state index is 13.9. The number of thiazole rings is 1. The standard InChI is InChI=1S/C30H19F6N3O5S2/c31-29(32,33)14-6-5-7-15(12-14)39-26(41)22-21(23-25(38-28(43)46-23)45-24(22)27(39)42)16-8-1-4-11-19(16)44-13-20(40)37-18-10-3-2-9-17(18)30(34,35)36/h1-12,21-22,24H,13H2,(H,37,40)(H,38,43)/t21-,22?,24?/m1/s1. The lowest BCUT2D eigenvalue weighted by Gasteiger charge is -2.30. The predicted molar refractivity (Wildman–Crippen MR) is 156 cm³/mol. The van der Waals surface area contributed by atoms with Gasteiger partial charge in [0.2, 0.25) is 11.8 Å². The summed E-state index contributed by atoms with van der Waals surface area (Å²) in [5, 5.41) is 1.35. The molecule has 2 N–H and O–H groups in total. The lowest BCUT2D eigenvalue weighted by atomic mass is 9.82. The molecule has 1 saturated heterocycles. The van der Waals surface area contributed by atoms with Crippen LogP contribution in [0.3, 0.4) is 0 Å². The molecule has 3 atom stereocenters. The summed E-state index contributed by atoms with van der Waals surface area (Å²) in [4.78, 5) is 55.9. The Kier molecular flexibility index (Phi) is 7.96. The number of imide groups is 1. The Bertz CT molecular complexity index is 1920. The van der Waals surface area contributed by atoms with Crippen molar-refractivity contribution < 1.29 is 45.5 Å². The average Bonchev–Trinajstić information content (AvgIpc) is 3.49. The molecule has 2 aliphatic heterocycles. The van der Waals surface area contributed by atoms with Gasteiger partial charge in [-0.3, -0.25) is 19.2 Å². The highest BCUT2D eigenvalue weighted by Crippen LogP contribution is 2.54. The van der Waals surface area contributed by atoms with Gasteiger partial charge >= 0.3 is 17.2 Å². The van der Waals surface area contributed by atoms with Crippen molar-refractivity contribution in [2.45, 2.75) is 28.5 Å². The van der Waals surface area contributed by atoms with Crippen LogP contribution in [0.5, 0.6) is 5.75 Å². The van der Waals surface area contributed by atoms with Crippen LogP contribution < -0.4 is 19.8 Å². The van der Waals surface area contributed by atoms with Crippen molar-refractivity contribution in [3.8, 4) is 5.75 Å². The van der Waals surface area contributed by atoms with Crippen LogP contribution >= 0.6 is 23.1 Å². The van der Waals surface area contributed by atoms with Gasteiger partial charge in [-0.25, -0.2) is 4.90 Å². The van der Waals surface area contributed by atoms with Crippen LogP contribution in [0.25, 0.3) is 0 Å². The van der Waals surface area contributed by atoms with Gasteiger partial charge in [0.25, 0.3) is 5.91 Å². The topological polar surface area (TPSA) is 109 Å². The van der Waals surface area contributed by atoms with E-state index in [-0.39, 0.29) is 17.0 Å². The van der Waals surface area contributed by atoms with Crippen LogP contribution in [0.1, 0.15) is 27.5 Å². The molecule has 3 amide bonds. The van der Waals surface area contributed by atoms with Crippen LogP contribution in [0, 0.1) is 5.92 Å². The molecule has 0 bridgehead atoms. The van der Waals surface area contributed by atoms with Gasteiger partial charge in [0.05, 0.1) is 33.4 Å². The Morgan fingerprint density at radius 2 is 1.61 bits per heavy atom. The van der Waals surface area contributed by atoms with E-state index in [1.54, 1.807) is 18.2 Å². The third kappa shape index (κ3) is 5.77. The van der Waals surface area contributed by atoms with E-state index in [9.17, 15) is 45.5 Å². The number of halogens is 6. The van der Waals surface area contributed by atoms with Crippen molar-refractivity contribution in [2.24, 2.45) is 5.92 Å². The number of rotatable bonds is 6. The van der Waals surface area contributed by atoms with Gasteiger partial charge in [-0.1, -0.05) is 59.5 Å². The molecule has 4 aromatic rings. The number of para-hydroxylation sites is 2. The number of carbonyl (C=O) groups is 3. The molecule has 1 fully saturated rings. The first-order valence-electron chi connectivity index (χ1n) is 13.4. The zero-order valence-corrected chi connectivity index (χ0v) is 24.6. The molecule has 6 rings (SSSR count). The van der Waals surface area contributed by atoms with Crippen LogP contribution in [-0.2, 0) is 26.7 Å². The quantitative estimate of drug-likeness (QED) is 0.183. The number of nitrogens with zero attached hydrogens (tertiary/aromatic N) is 1. The summed E-state index contributed by atoms with van der Waals surface area (Å²) in [6.45, 7) is -0.738. The summed E-state index contributed by atoms with van der Waals surface area (Å²) in [6.07, 6.45) is -9.46. The average molecular weight is 680 g/mol. The molecule has 1 aromatic heterocycles. The maximum absolute atomic E-state index is 13.9. The van der Waals surface area contributed by atoms with Gasteiger partial charge in [-0.15, -0.1) is 0 Å². The van der Waals surface area contributed by atoms with Crippen molar-refractivity contribution >= 4 is 52.2 Å². The molecule has 0 radical (unpaired) electrons. The van der Waals surface area contributed by atoms with Crippen LogP contribution in [0.2, 0.25) is 0 Å². The van der Waals surface area contributed by atoms with E-state index in [4.69, 9.17) is 4.74 Å². The fourth-order valence-electron chi connectivity index (χ4n) is 5.47. The molecule has 46 heavy (non-hydrogen) atoms. The van der Waals surface area contributed by atoms with E-state index < -0.39 is 75.5 Å². The highest BCUT2D eigenvalue weighted by molar-refractivity contribution is 8.00. The van der Waals surface area contributed by atoms with Crippen LogP contribution in [-0.4, -0.2) is 34.6 Å². The highest BCUT2D eigenvalue weighted by atomic mass is 32.2. The number of amides is 3. The minimum Gasteiger partial charge on any atom is -0.483 e. The summed E-state index contributed by atoms with van der Waals surface area (Å²) in [5.74, 6) is -4.62. The normalized spacial score (nSPS) is 19.5. The number of nitrogens with one attached hydrogen (secondary N) is 2. The zero-order valence-electron chi connectivity index (χ0n) is 22.9. The molecule has 2 unspecified atom stereocenters. The maximum Gasteiger partial charge on any atom is 0.418 e. The van der Waals surface area contributed by atoms with Gasteiger partial charge in [-0.05, 0) is 36.4 Å². The van der Waals surface area contributed by atoms with Crippen LogP contribution in [0.4, 0.5) is 37.7 Å². The molecule has 238 valence electrons. The third-order valence-electron chi connectivity index (χ3n) is 7.38. The second kappa shape index (κ2) is 11.7. The first-order valence-corrected chi connectivity index (χ1v) is 15.1. The molecule has 0 saturated carbocycles. The van der Waals surface area contributed by atoms with E-state index in [2.05, 4.69) is 10.3 Å². The Labute approximate surface area is 263 Å². The number of aromatic nitrogens is 1. The second-order valence-electron chi connectivity index (χ2n) is 10.2. The number of anilines is 2. The fraction of sp³-hybridized carbons (Fsp3) is 0.200. The number of fused-ring (bicyclic) bond motifs is 2. The molecule has 0 spiro atoms. The first kappa shape index (κ1) is 31.4. The largest absolute Gasteiger partial charge is 0.483 e.